The summed E-state index contributed by atoms with van der Waals surface area (Å²) in [4.78, 5) is 25.7. The molecule has 0 saturated carbocycles. The van der Waals surface area contributed by atoms with E-state index >= 15 is 0 Å². The molecule has 0 spiro atoms. The number of anilines is 1. The van der Waals surface area contributed by atoms with Crippen molar-refractivity contribution in [2.45, 2.75) is 45.9 Å². The van der Waals surface area contributed by atoms with Gasteiger partial charge in [0.1, 0.15) is 5.82 Å². The maximum Gasteiger partial charge on any atom is 0.282 e. The van der Waals surface area contributed by atoms with Crippen LogP contribution in [-0.4, -0.2) is 33.1 Å². The molecule has 7 nitrogen and oxygen atoms in total. The van der Waals surface area contributed by atoms with Crippen LogP contribution < -0.4 is 10.8 Å². The first-order valence-electron chi connectivity index (χ1n) is 7.11. The summed E-state index contributed by atoms with van der Waals surface area (Å²) in [6.07, 6.45) is 3.14. The van der Waals surface area contributed by atoms with Crippen LogP contribution in [0.1, 0.15) is 44.1 Å². The van der Waals surface area contributed by atoms with E-state index in [4.69, 9.17) is 10.7 Å². The predicted octanol–water partition coefficient (Wildman–Crippen LogP) is 1.67. The summed E-state index contributed by atoms with van der Waals surface area (Å²) in [5.41, 5.74) is -0.398. The van der Waals surface area contributed by atoms with Crippen LogP contribution >= 0.6 is 0 Å². The highest BCUT2D eigenvalue weighted by Gasteiger charge is 2.44. The van der Waals surface area contributed by atoms with E-state index in [0.29, 0.717) is 23.8 Å². The summed E-state index contributed by atoms with van der Waals surface area (Å²) in [5, 5.41) is 0. The third-order valence-electron chi connectivity index (χ3n) is 4.03. The third-order valence-corrected chi connectivity index (χ3v) is 4.03. The Labute approximate surface area is 124 Å². The van der Waals surface area contributed by atoms with Crippen LogP contribution in [0.4, 0.5) is 5.82 Å². The van der Waals surface area contributed by atoms with Gasteiger partial charge in [-0.15, -0.1) is 0 Å². The minimum atomic E-state index is -0.943. The number of nitrogens with two attached hydrogens (primary N) is 1. The highest BCUT2D eigenvalue weighted by molar-refractivity contribution is 6.01. The summed E-state index contributed by atoms with van der Waals surface area (Å²) in [6, 6.07) is 0. The van der Waals surface area contributed by atoms with Gasteiger partial charge in [0, 0.05) is 13.6 Å². The van der Waals surface area contributed by atoms with Crippen molar-refractivity contribution in [3.8, 4) is 0 Å². The van der Waals surface area contributed by atoms with Crippen molar-refractivity contribution < 1.29 is 9.63 Å². The molecule has 116 valence electrons. The maximum atomic E-state index is 12.9. The van der Waals surface area contributed by atoms with E-state index in [9.17, 15) is 4.79 Å². The van der Waals surface area contributed by atoms with Gasteiger partial charge in [-0.3, -0.25) is 14.5 Å². The number of nitrogens with zero attached hydrogens (tertiary/aromatic N) is 4. The predicted molar refractivity (Wildman–Crippen MR) is 80.2 cm³/mol. The van der Waals surface area contributed by atoms with Crippen LogP contribution in [0.2, 0.25) is 0 Å². The zero-order chi connectivity index (χ0) is 15.8. The molecule has 7 heteroatoms. The van der Waals surface area contributed by atoms with Gasteiger partial charge in [0.05, 0.1) is 6.33 Å². The van der Waals surface area contributed by atoms with E-state index in [-0.39, 0.29) is 5.91 Å². The molecule has 2 N–H and O–H groups in total. The van der Waals surface area contributed by atoms with Crippen molar-refractivity contribution in [3.05, 3.63) is 24.4 Å². The Kier molecular flexibility index (Phi) is 4.06. The molecule has 1 aromatic rings. The average Bonchev–Trinajstić information content (AvgIpc) is 2.89. The van der Waals surface area contributed by atoms with Crippen LogP contribution in [0.5, 0.6) is 0 Å². The minimum absolute atomic E-state index is 0.186. The molecule has 1 unspecified atom stereocenters. The lowest BCUT2D eigenvalue weighted by Gasteiger charge is -2.44. The monoisotopic (exact) mass is 293 g/mol. The smallest absolute Gasteiger partial charge is 0.282 e. The van der Waals surface area contributed by atoms with Gasteiger partial charge in [-0.1, -0.05) is 20.4 Å². The van der Waals surface area contributed by atoms with E-state index in [2.05, 4.69) is 18.5 Å². The van der Waals surface area contributed by atoms with Gasteiger partial charge in [0.15, 0.2) is 17.2 Å². The fourth-order valence-corrected chi connectivity index (χ4v) is 2.52. The van der Waals surface area contributed by atoms with E-state index in [0.717, 1.165) is 13.0 Å². The lowest BCUT2D eigenvalue weighted by atomic mass is 10.1. The van der Waals surface area contributed by atoms with Crippen LogP contribution in [-0.2, 0) is 11.4 Å². The Morgan fingerprint density at radius 1 is 1.48 bits per heavy atom. The lowest BCUT2D eigenvalue weighted by molar-refractivity contribution is -0.119. The molecule has 1 aromatic heterocycles. The quantitative estimate of drug-likeness (QED) is 0.836. The Bertz CT molecular complexity index is 562. The average molecular weight is 293 g/mol. The number of aryl methyl sites for hydroxylation is 1. The van der Waals surface area contributed by atoms with Gasteiger partial charge < -0.3 is 9.47 Å². The number of carbonyl (C=O) groups is 1. The van der Waals surface area contributed by atoms with Crippen LogP contribution in [0.25, 0.3) is 0 Å². The fourth-order valence-electron chi connectivity index (χ4n) is 2.52. The number of imidazole rings is 1. The molecule has 1 amide bonds. The number of carbonyl (C=O) groups excluding carboxylic acids is 1. The van der Waals surface area contributed by atoms with Crippen molar-refractivity contribution in [1.29, 1.82) is 0 Å². The van der Waals surface area contributed by atoms with Crippen molar-refractivity contribution in [2.24, 2.45) is 5.90 Å². The number of rotatable bonds is 5. The standard InChI is InChI=1S/C14H23N5O2/c1-6-8-18-9-16-12-11(18)13(20)19(10(3)17(12)5)14(4,7-2)21-15/h9H,3,6-8,15H2,1-2,4-5H3. The van der Waals surface area contributed by atoms with Gasteiger partial charge in [0.2, 0.25) is 0 Å². The summed E-state index contributed by atoms with van der Waals surface area (Å²) in [6.45, 7) is 10.5. The zero-order valence-electron chi connectivity index (χ0n) is 13.1. The van der Waals surface area contributed by atoms with Crippen molar-refractivity contribution >= 4 is 11.7 Å². The molecular formula is C14H23N5O2. The minimum Gasteiger partial charge on any atom is -0.325 e. The molecule has 0 aliphatic carbocycles. The molecule has 0 radical (unpaired) electrons. The molecule has 1 atom stereocenters. The van der Waals surface area contributed by atoms with Gasteiger partial charge in [-0.05, 0) is 19.8 Å². The molecule has 0 fully saturated rings. The van der Waals surface area contributed by atoms with E-state index in [1.165, 1.54) is 4.90 Å². The summed E-state index contributed by atoms with van der Waals surface area (Å²) in [7, 11) is 1.83. The number of aromatic nitrogens is 2. The normalized spacial score (nSPS) is 18.0. The molecule has 2 rings (SSSR count). The zero-order valence-corrected chi connectivity index (χ0v) is 13.1. The highest BCUT2D eigenvalue weighted by atomic mass is 16.6. The highest BCUT2D eigenvalue weighted by Crippen LogP contribution is 2.36. The van der Waals surface area contributed by atoms with Gasteiger partial charge in [-0.2, -0.15) is 0 Å². The molecular weight excluding hydrogens is 270 g/mol. The summed E-state index contributed by atoms with van der Waals surface area (Å²) in [5.74, 6) is 6.37. The van der Waals surface area contributed by atoms with Crippen molar-refractivity contribution in [1.82, 2.24) is 14.5 Å². The third kappa shape index (κ3) is 2.22. The molecule has 0 aromatic carbocycles. The fraction of sp³-hybridized carbons (Fsp3) is 0.571. The van der Waals surface area contributed by atoms with Crippen molar-refractivity contribution in [2.75, 3.05) is 11.9 Å². The Hall–Kier alpha value is -1.86. The van der Waals surface area contributed by atoms with Crippen LogP contribution in [0.3, 0.4) is 0 Å². The topological polar surface area (TPSA) is 76.6 Å². The van der Waals surface area contributed by atoms with Crippen LogP contribution in [0, 0.1) is 0 Å². The largest absolute Gasteiger partial charge is 0.325 e. The Morgan fingerprint density at radius 2 is 2.14 bits per heavy atom. The first-order valence-corrected chi connectivity index (χ1v) is 7.11. The molecule has 2 heterocycles. The van der Waals surface area contributed by atoms with Gasteiger partial charge in [-0.25, -0.2) is 10.9 Å². The second-order valence-electron chi connectivity index (χ2n) is 5.37. The first-order chi connectivity index (χ1) is 9.91. The van der Waals surface area contributed by atoms with E-state index < -0.39 is 5.72 Å². The maximum absolute atomic E-state index is 12.9. The summed E-state index contributed by atoms with van der Waals surface area (Å²) < 4.78 is 1.86. The van der Waals surface area contributed by atoms with E-state index in [1.54, 1.807) is 18.2 Å². The number of amides is 1. The Balaban J connectivity index is 2.55. The molecule has 0 bridgehead atoms. The molecule has 21 heavy (non-hydrogen) atoms. The van der Waals surface area contributed by atoms with Crippen LogP contribution in [0.15, 0.2) is 18.7 Å². The summed E-state index contributed by atoms with van der Waals surface area (Å²) >= 11 is 0. The van der Waals surface area contributed by atoms with E-state index in [1.807, 2.05) is 18.5 Å². The Morgan fingerprint density at radius 3 is 2.67 bits per heavy atom. The second kappa shape index (κ2) is 5.50. The first kappa shape index (κ1) is 15.5. The lowest BCUT2D eigenvalue weighted by Crippen LogP contribution is -2.57. The molecule has 0 saturated heterocycles. The molecule has 1 aliphatic rings. The second-order valence-corrected chi connectivity index (χ2v) is 5.37. The number of hydrogen-bond donors (Lipinski definition) is 1. The van der Waals surface area contributed by atoms with Gasteiger partial charge >= 0.3 is 0 Å². The SMILES string of the molecule is C=C1N(C)c2ncn(CCC)c2C(=O)N1C(C)(CC)ON. The molecule has 1 aliphatic heterocycles. The number of hydrogen-bond acceptors (Lipinski definition) is 5. The van der Waals surface area contributed by atoms with Crippen molar-refractivity contribution in [3.63, 3.8) is 0 Å². The van der Waals surface area contributed by atoms with Gasteiger partial charge in [0.25, 0.3) is 5.91 Å². The number of fused-ring (bicyclic) bond motifs is 1.